The Morgan fingerprint density at radius 1 is 1.08 bits per heavy atom. The molecule has 0 saturated carbocycles. The van der Waals surface area contributed by atoms with E-state index < -0.39 is 6.10 Å². The van der Waals surface area contributed by atoms with Gasteiger partial charge >= 0.3 is 5.97 Å². The van der Waals surface area contributed by atoms with Gasteiger partial charge in [-0.05, 0) is 47.5 Å². The highest BCUT2D eigenvalue weighted by atomic mass is 16.5. The lowest BCUT2D eigenvalue weighted by Gasteiger charge is -2.17. The van der Waals surface area contributed by atoms with E-state index in [1.54, 1.807) is 12.1 Å². The van der Waals surface area contributed by atoms with Crippen LogP contribution in [0.15, 0.2) is 42.5 Å². The Balaban J connectivity index is 1.72. The molecule has 0 spiro atoms. The maximum absolute atomic E-state index is 12.3. The number of carbonyl (C=O) groups is 1. The third kappa shape index (κ3) is 3.07. The van der Waals surface area contributed by atoms with E-state index in [1.165, 1.54) is 0 Å². The molecule has 0 radical (unpaired) electrons. The Morgan fingerprint density at radius 2 is 1.79 bits per heavy atom. The zero-order valence-electron chi connectivity index (χ0n) is 14.2. The molecule has 0 fully saturated rings. The van der Waals surface area contributed by atoms with Crippen LogP contribution >= 0.6 is 0 Å². The second kappa shape index (κ2) is 7.16. The third-order valence-electron chi connectivity index (χ3n) is 4.66. The summed E-state index contributed by atoms with van der Waals surface area (Å²) in [6.07, 6.45) is -0.681. The fourth-order valence-corrected chi connectivity index (χ4v) is 3.20. The zero-order valence-corrected chi connectivity index (χ0v) is 14.2. The molecule has 1 aliphatic rings. The van der Waals surface area contributed by atoms with Crippen LogP contribution in [0.1, 0.15) is 41.4 Å². The Labute approximate surface area is 142 Å². The molecule has 0 heterocycles. The van der Waals surface area contributed by atoms with Crippen molar-refractivity contribution in [1.29, 1.82) is 0 Å². The Morgan fingerprint density at radius 3 is 2.54 bits per heavy atom. The summed E-state index contributed by atoms with van der Waals surface area (Å²) in [5.74, 6) is -0.340. The molecule has 4 heteroatoms. The number of hydrogen-bond donors (Lipinski definition) is 1. The second-order valence-corrected chi connectivity index (χ2v) is 5.95. The van der Waals surface area contributed by atoms with Gasteiger partial charge in [0.05, 0.1) is 5.56 Å². The number of carbonyl (C=O) groups excluding carboxylic acids is 1. The van der Waals surface area contributed by atoms with Crippen LogP contribution in [-0.4, -0.2) is 42.2 Å². The van der Waals surface area contributed by atoms with Gasteiger partial charge in [0.1, 0.15) is 12.7 Å². The number of nitrogens with zero attached hydrogens (tertiary/aromatic N) is 1. The average Bonchev–Trinajstić information content (AvgIpc) is 2.91. The van der Waals surface area contributed by atoms with Crippen molar-refractivity contribution in [2.75, 3.05) is 26.2 Å². The predicted molar refractivity (Wildman–Crippen MR) is 94.0 cm³/mol. The standard InChI is InChI=1S/C20H23NO3/c1-3-21(4-2)11-12-24-20(23)14-9-10-16-15-7-5-6-8-17(15)19(22)18(16)13-14/h5-10,13,19,22H,3-4,11-12H2,1-2H3. The van der Waals surface area contributed by atoms with Crippen molar-refractivity contribution < 1.29 is 14.6 Å². The first-order valence-electron chi connectivity index (χ1n) is 8.46. The summed E-state index contributed by atoms with van der Waals surface area (Å²) in [4.78, 5) is 14.5. The van der Waals surface area contributed by atoms with Crippen molar-refractivity contribution >= 4 is 5.97 Å². The van der Waals surface area contributed by atoms with E-state index in [2.05, 4.69) is 18.7 Å². The molecule has 1 unspecified atom stereocenters. The van der Waals surface area contributed by atoms with E-state index in [0.29, 0.717) is 12.2 Å². The van der Waals surface area contributed by atoms with Crippen molar-refractivity contribution in [2.45, 2.75) is 20.0 Å². The molecular formula is C20H23NO3. The van der Waals surface area contributed by atoms with E-state index >= 15 is 0 Å². The van der Waals surface area contributed by atoms with Crippen LogP contribution in [0.3, 0.4) is 0 Å². The van der Waals surface area contributed by atoms with Gasteiger partial charge < -0.3 is 14.7 Å². The maximum atomic E-state index is 12.3. The number of hydrogen-bond acceptors (Lipinski definition) is 4. The van der Waals surface area contributed by atoms with Crippen molar-refractivity contribution in [3.05, 3.63) is 59.2 Å². The SMILES string of the molecule is CCN(CC)CCOC(=O)c1ccc2c(c1)C(O)c1ccccc1-2. The van der Waals surface area contributed by atoms with Gasteiger partial charge in [-0.3, -0.25) is 0 Å². The lowest BCUT2D eigenvalue weighted by atomic mass is 10.0. The van der Waals surface area contributed by atoms with Crippen molar-refractivity contribution in [3.8, 4) is 11.1 Å². The van der Waals surface area contributed by atoms with Crippen LogP contribution in [0.4, 0.5) is 0 Å². The van der Waals surface area contributed by atoms with Crippen molar-refractivity contribution in [2.24, 2.45) is 0 Å². The van der Waals surface area contributed by atoms with Crippen molar-refractivity contribution in [1.82, 2.24) is 4.90 Å². The number of esters is 1. The van der Waals surface area contributed by atoms with E-state index in [-0.39, 0.29) is 5.97 Å². The minimum atomic E-state index is -0.681. The normalized spacial score (nSPS) is 15.2. The Bertz CT molecular complexity index is 737. The summed E-state index contributed by atoms with van der Waals surface area (Å²) in [7, 11) is 0. The Hall–Kier alpha value is -2.17. The summed E-state index contributed by atoms with van der Waals surface area (Å²) in [6, 6.07) is 13.2. The minimum Gasteiger partial charge on any atom is -0.461 e. The molecule has 0 bridgehead atoms. The summed E-state index contributed by atoms with van der Waals surface area (Å²) < 4.78 is 5.37. The molecule has 1 aliphatic carbocycles. The molecule has 24 heavy (non-hydrogen) atoms. The number of fused-ring (bicyclic) bond motifs is 3. The van der Waals surface area contributed by atoms with Gasteiger partial charge in [-0.2, -0.15) is 0 Å². The lowest BCUT2D eigenvalue weighted by molar-refractivity contribution is 0.0466. The molecule has 0 amide bonds. The molecule has 3 rings (SSSR count). The van der Waals surface area contributed by atoms with Gasteiger partial charge in [-0.15, -0.1) is 0 Å². The number of likely N-dealkylation sites (N-methyl/N-ethyl adjacent to an activating group) is 1. The molecular weight excluding hydrogens is 302 g/mol. The molecule has 2 aromatic rings. The highest BCUT2D eigenvalue weighted by Crippen LogP contribution is 2.43. The maximum Gasteiger partial charge on any atom is 0.338 e. The summed E-state index contributed by atoms with van der Waals surface area (Å²) in [6.45, 7) is 7.17. The first-order valence-corrected chi connectivity index (χ1v) is 8.46. The van der Waals surface area contributed by atoms with E-state index in [0.717, 1.165) is 41.9 Å². The van der Waals surface area contributed by atoms with Gasteiger partial charge in [0, 0.05) is 6.54 Å². The van der Waals surface area contributed by atoms with Gasteiger partial charge in [0.15, 0.2) is 0 Å². The largest absolute Gasteiger partial charge is 0.461 e. The summed E-state index contributed by atoms with van der Waals surface area (Å²) in [5, 5.41) is 10.5. The van der Waals surface area contributed by atoms with Gasteiger partial charge in [0.2, 0.25) is 0 Å². The molecule has 0 saturated heterocycles. The van der Waals surface area contributed by atoms with Crippen LogP contribution in [-0.2, 0) is 4.74 Å². The quantitative estimate of drug-likeness (QED) is 0.828. The zero-order chi connectivity index (χ0) is 17.1. The smallest absolute Gasteiger partial charge is 0.338 e. The molecule has 4 nitrogen and oxygen atoms in total. The fourth-order valence-electron chi connectivity index (χ4n) is 3.20. The van der Waals surface area contributed by atoms with Crippen LogP contribution < -0.4 is 0 Å². The molecule has 0 aromatic heterocycles. The lowest BCUT2D eigenvalue weighted by Crippen LogP contribution is -2.27. The summed E-state index contributed by atoms with van der Waals surface area (Å²) >= 11 is 0. The minimum absolute atomic E-state index is 0.340. The fraction of sp³-hybridized carbons (Fsp3) is 0.350. The topological polar surface area (TPSA) is 49.8 Å². The van der Waals surface area contributed by atoms with Gasteiger partial charge in [-0.25, -0.2) is 4.79 Å². The Kier molecular flexibility index (Phi) is 4.97. The predicted octanol–water partition coefficient (Wildman–Crippen LogP) is 3.25. The number of aliphatic hydroxyl groups is 1. The molecule has 126 valence electrons. The highest BCUT2D eigenvalue weighted by molar-refractivity contribution is 5.91. The summed E-state index contributed by atoms with van der Waals surface area (Å²) in [5.41, 5.74) is 4.16. The van der Waals surface area contributed by atoms with Crippen LogP contribution in [0, 0.1) is 0 Å². The van der Waals surface area contributed by atoms with Gasteiger partial charge in [-0.1, -0.05) is 44.2 Å². The van der Waals surface area contributed by atoms with E-state index in [4.69, 9.17) is 4.74 Å². The average molecular weight is 325 g/mol. The van der Waals surface area contributed by atoms with Crippen molar-refractivity contribution in [3.63, 3.8) is 0 Å². The number of benzene rings is 2. The highest BCUT2D eigenvalue weighted by Gasteiger charge is 2.27. The molecule has 2 aromatic carbocycles. The molecule has 1 N–H and O–H groups in total. The molecule has 0 aliphatic heterocycles. The number of aliphatic hydroxyl groups excluding tert-OH is 1. The monoisotopic (exact) mass is 325 g/mol. The van der Waals surface area contributed by atoms with E-state index in [1.807, 2.05) is 30.3 Å². The first kappa shape index (κ1) is 16.7. The van der Waals surface area contributed by atoms with Crippen LogP contribution in [0.2, 0.25) is 0 Å². The van der Waals surface area contributed by atoms with Crippen LogP contribution in [0.25, 0.3) is 11.1 Å². The second-order valence-electron chi connectivity index (χ2n) is 5.95. The van der Waals surface area contributed by atoms with Gasteiger partial charge in [0.25, 0.3) is 0 Å². The van der Waals surface area contributed by atoms with E-state index in [9.17, 15) is 9.90 Å². The third-order valence-corrected chi connectivity index (χ3v) is 4.66. The molecule has 1 atom stereocenters. The van der Waals surface area contributed by atoms with Crippen LogP contribution in [0.5, 0.6) is 0 Å². The number of rotatable bonds is 6. The number of ether oxygens (including phenoxy) is 1. The first-order chi connectivity index (χ1) is 11.7.